The number of carbonyl (C=O) groups is 3. The largest absolute Gasteiger partial charge is 0.497 e. The Balaban J connectivity index is 2.57. The number of alkyl carbamates (subject to hydrolysis) is 1. The summed E-state index contributed by atoms with van der Waals surface area (Å²) in [6, 6.07) is 6.25. The first-order chi connectivity index (χ1) is 12.1. The van der Waals surface area contributed by atoms with Crippen molar-refractivity contribution in [3.05, 3.63) is 29.8 Å². The Labute approximate surface area is 154 Å². The molecule has 0 heterocycles. The van der Waals surface area contributed by atoms with Gasteiger partial charge in [-0.1, -0.05) is 12.1 Å². The van der Waals surface area contributed by atoms with Gasteiger partial charge in [0.25, 0.3) is 0 Å². The lowest BCUT2D eigenvalue weighted by molar-refractivity contribution is -0.143. The van der Waals surface area contributed by atoms with Crippen molar-refractivity contribution >= 4 is 17.8 Å². The van der Waals surface area contributed by atoms with E-state index < -0.39 is 23.7 Å². The van der Waals surface area contributed by atoms with E-state index >= 15 is 0 Å². The van der Waals surface area contributed by atoms with Crippen molar-refractivity contribution in [2.75, 3.05) is 14.2 Å². The lowest BCUT2D eigenvalue weighted by atomic mass is 10.0. The van der Waals surface area contributed by atoms with E-state index in [9.17, 15) is 14.4 Å². The van der Waals surface area contributed by atoms with E-state index in [1.807, 2.05) is 12.1 Å². The smallest absolute Gasteiger partial charge is 0.408 e. The van der Waals surface area contributed by atoms with Crippen LogP contribution in [0.5, 0.6) is 5.75 Å². The molecule has 0 saturated heterocycles. The van der Waals surface area contributed by atoms with Crippen molar-refractivity contribution in [1.82, 2.24) is 5.32 Å². The quantitative estimate of drug-likeness (QED) is 0.712. The molecular formula is C19H27NO6. The van der Waals surface area contributed by atoms with E-state index in [0.29, 0.717) is 5.75 Å². The van der Waals surface area contributed by atoms with Crippen molar-refractivity contribution in [3.63, 3.8) is 0 Å². The maximum absolute atomic E-state index is 12.2. The summed E-state index contributed by atoms with van der Waals surface area (Å²) < 4.78 is 14.9. The van der Waals surface area contributed by atoms with Gasteiger partial charge in [0.15, 0.2) is 0 Å². The summed E-state index contributed by atoms with van der Waals surface area (Å²) in [6.07, 6.45) is -0.220. The normalized spacial score (nSPS) is 12.0. The molecule has 0 bridgehead atoms. The number of carbonyl (C=O) groups excluding carboxylic acids is 3. The van der Waals surface area contributed by atoms with Gasteiger partial charge in [0.05, 0.1) is 14.2 Å². The first-order valence-corrected chi connectivity index (χ1v) is 8.36. The number of hydrogen-bond donors (Lipinski definition) is 1. The third-order valence-corrected chi connectivity index (χ3v) is 3.45. The SMILES string of the molecule is COC(=O)[C@@H](CCC(=O)Cc1ccc(OC)cc1)NC(=O)OC(C)(C)C. The lowest BCUT2D eigenvalue weighted by Gasteiger charge is -2.22. The van der Waals surface area contributed by atoms with Gasteiger partial charge in [0.1, 0.15) is 23.2 Å². The Morgan fingerprint density at radius 3 is 2.19 bits per heavy atom. The van der Waals surface area contributed by atoms with Crippen LogP contribution in [0, 0.1) is 0 Å². The lowest BCUT2D eigenvalue weighted by Crippen LogP contribution is -2.44. The highest BCUT2D eigenvalue weighted by Crippen LogP contribution is 2.13. The number of rotatable bonds is 8. The molecule has 144 valence electrons. The van der Waals surface area contributed by atoms with E-state index in [0.717, 1.165) is 5.56 Å². The monoisotopic (exact) mass is 365 g/mol. The third kappa shape index (κ3) is 8.00. The number of Topliss-reactive ketones (excluding diaryl/α,β-unsaturated/α-hetero) is 1. The molecule has 0 fully saturated rings. The summed E-state index contributed by atoms with van der Waals surface area (Å²) in [6.45, 7) is 5.16. The van der Waals surface area contributed by atoms with Crippen molar-refractivity contribution in [3.8, 4) is 5.75 Å². The Morgan fingerprint density at radius 2 is 1.69 bits per heavy atom. The standard InChI is InChI=1S/C19H27NO6/c1-19(2,3)26-18(23)20-16(17(22)25-5)11-8-14(21)12-13-6-9-15(24-4)10-7-13/h6-7,9-10,16H,8,11-12H2,1-5H3,(H,20,23)/t16-/m1/s1. The number of benzene rings is 1. The number of hydrogen-bond acceptors (Lipinski definition) is 6. The summed E-state index contributed by atoms with van der Waals surface area (Å²) >= 11 is 0. The van der Waals surface area contributed by atoms with Crippen LogP contribution in [0.15, 0.2) is 24.3 Å². The van der Waals surface area contributed by atoms with Gasteiger partial charge in [-0.25, -0.2) is 9.59 Å². The first-order valence-electron chi connectivity index (χ1n) is 8.36. The van der Waals surface area contributed by atoms with Crippen molar-refractivity contribution in [2.24, 2.45) is 0 Å². The average Bonchev–Trinajstić information content (AvgIpc) is 2.57. The van der Waals surface area contributed by atoms with Crippen LogP contribution in [-0.2, 0) is 25.5 Å². The van der Waals surface area contributed by atoms with E-state index in [1.165, 1.54) is 7.11 Å². The molecule has 0 radical (unpaired) electrons. The van der Waals surface area contributed by atoms with Gasteiger partial charge >= 0.3 is 12.1 Å². The minimum Gasteiger partial charge on any atom is -0.497 e. The van der Waals surface area contributed by atoms with Gasteiger partial charge in [0.2, 0.25) is 0 Å². The molecule has 0 aromatic heterocycles. The molecule has 0 saturated carbocycles. The molecule has 0 aliphatic heterocycles. The molecule has 1 amide bonds. The van der Waals surface area contributed by atoms with Gasteiger partial charge in [0, 0.05) is 12.8 Å². The highest BCUT2D eigenvalue weighted by atomic mass is 16.6. The average molecular weight is 365 g/mol. The Morgan fingerprint density at radius 1 is 1.08 bits per heavy atom. The number of methoxy groups -OCH3 is 2. The fourth-order valence-electron chi connectivity index (χ4n) is 2.21. The van der Waals surface area contributed by atoms with Gasteiger partial charge in [-0.3, -0.25) is 4.79 Å². The van der Waals surface area contributed by atoms with E-state index in [1.54, 1.807) is 40.0 Å². The molecule has 0 unspecified atom stereocenters. The number of nitrogens with one attached hydrogen (secondary N) is 1. The number of ether oxygens (including phenoxy) is 3. The second kappa shape index (κ2) is 9.79. The predicted octanol–water partition coefficient (Wildman–Crippen LogP) is 2.65. The molecule has 1 atom stereocenters. The second-order valence-corrected chi connectivity index (χ2v) is 6.82. The summed E-state index contributed by atoms with van der Waals surface area (Å²) in [5, 5.41) is 2.45. The van der Waals surface area contributed by atoms with Crippen molar-refractivity contribution < 1.29 is 28.6 Å². The van der Waals surface area contributed by atoms with E-state index in [2.05, 4.69) is 10.1 Å². The van der Waals surface area contributed by atoms with Crippen LogP contribution in [0.1, 0.15) is 39.2 Å². The summed E-state index contributed by atoms with van der Waals surface area (Å²) in [5.74, 6) is 0.0525. The van der Waals surface area contributed by atoms with Crippen LogP contribution in [0.4, 0.5) is 4.79 Å². The van der Waals surface area contributed by atoms with Gasteiger partial charge in [-0.2, -0.15) is 0 Å². The van der Waals surface area contributed by atoms with Gasteiger partial charge in [-0.05, 0) is 44.9 Å². The molecule has 1 rings (SSSR count). The zero-order valence-electron chi connectivity index (χ0n) is 16.0. The summed E-state index contributed by atoms with van der Waals surface area (Å²) in [7, 11) is 2.80. The van der Waals surface area contributed by atoms with Crippen LogP contribution in [-0.4, -0.2) is 43.7 Å². The summed E-state index contributed by atoms with van der Waals surface area (Å²) in [4.78, 5) is 35.9. The third-order valence-electron chi connectivity index (χ3n) is 3.45. The second-order valence-electron chi connectivity index (χ2n) is 6.82. The molecule has 7 heteroatoms. The molecule has 1 aromatic rings. The minimum absolute atomic E-state index is 0.0462. The number of ketones is 1. The predicted molar refractivity (Wildman–Crippen MR) is 96.1 cm³/mol. The first kappa shape index (κ1) is 21.5. The zero-order valence-corrected chi connectivity index (χ0v) is 16.0. The Kier molecular flexibility index (Phi) is 8.09. The van der Waals surface area contributed by atoms with Crippen LogP contribution < -0.4 is 10.1 Å². The Bertz CT molecular complexity index is 618. The number of esters is 1. The van der Waals surface area contributed by atoms with Crippen molar-refractivity contribution in [1.29, 1.82) is 0 Å². The molecule has 7 nitrogen and oxygen atoms in total. The molecule has 1 aromatic carbocycles. The Hall–Kier alpha value is -2.57. The highest BCUT2D eigenvalue weighted by molar-refractivity contribution is 5.84. The fourth-order valence-corrected chi connectivity index (χ4v) is 2.21. The molecule has 1 N–H and O–H groups in total. The van der Waals surface area contributed by atoms with Crippen LogP contribution in [0.3, 0.4) is 0 Å². The van der Waals surface area contributed by atoms with E-state index in [4.69, 9.17) is 9.47 Å². The molecular weight excluding hydrogens is 338 g/mol. The van der Waals surface area contributed by atoms with Gasteiger partial charge in [-0.15, -0.1) is 0 Å². The maximum Gasteiger partial charge on any atom is 0.408 e. The van der Waals surface area contributed by atoms with Crippen LogP contribution in [0.2, 0.25) is 0 Å². The molecule has 0 aliphatic rings. The maximum atomic E-state index is 12.2. The molecule has 0 spiro atoms. The summed E-state index contributed by atoms with van der Waals surface area (Å²) in [5.41, 5.74) is 0.167. The highest BCUT2D eigenvalue weighted by Gasteiger charge is 2.25. The minimum atomic E-state index is -0.935. The van der Waals surface area contributed by atoms with Gasteiger partial charge < -0.3 is 19.5 Å². The van der Waals surface area contributed by atoms with Crippen LogP contribution in [0.25, 0.3) is 0 Å². The van der Waals surface area contributed by atoms with Crippen LogP contribution >= 0.6 is 0 Å². The van der Waals surface area contributed by atoms with E-state index in [-0.39, 0.29) is 25.0 Å². The van der Waals surface area contributed by atoms with Crippen molar-refractivity contribution in [2.45, 2.75) is 51.7 Å². The molecule has 26 heavy (non-hydrogen) atoms. The number of amides is 1. The fraction of sp³-hybridized carbons (Fsp3) is 0.526. The zero-order chi connectivity index (χ0) is 19.7. The topological polar surface area (TPSA) is 90.9 Å². The molecule has 0 aliphatic carbocycles.